The third kappa shape index (κ3) is 0.995. The van der Waals surface area contributed by atoms with E-state index < -0.39 is 0 Å². The lowest BCUT2D eigenvalue weighted by Crippen LogP contribution is -2.39. The third-order valence-corrected chi connectivity index (χ3v) is 5.17. The van der Waals surface area contributed by atoms with E-state index in [2.05, 4.69) is 13.8 Å². The zero-order chi connectivity index (χ0) is 9.87. The van der Waals surface area contributed by atoms with Crippen LogP contribution in [0.15, 0.2) is 11.1 Å². The summed E-state index contributed by atoms with van der Waals surface area (Å²) >= 11 is 0. The molecule has 78 valence electrons. The Kier molecular flexibility index (Phi) is 1.82. The van der Waals surface area contributed by atoms with Crippen LogP contribution in [0.2, 0.25) is 0 Å². The van der Waals surface area contributed by atoms with Crippen molar-refractivity contribution in [2.45, 2.75) is 45.6 Å². The third-order valence-electron chi connectivity index (χ3n) is 5.17. The van der Waals surface area contributed by atoms with Gasteiger partial charge in [0.2, 0.25) is 0 Å². The Morgan fingerprint density at radius 2 is 1.79 bits per heavy atom. The molecule has 0 aliphatic heterocycles. The molecule has 1 nitrogen and oxygen atoms in total. The largest absolute Gasteiger partial charge is 0.327 e. The molecule has 0 aromatic heterocycles. The van der Waals surface area contributed by atoms with Gasteiger partial charge in [0.1, 0.15) is 0 Å². The van der Waals surface area contributed by atoms with Gasteiger partial charge in [-0.05, 0) is 49.4 Å². The van der Waals surface area contributed by atoms with Crippen molar-refractivity contribution in [2.24, 2.45) is 29.4 Å². The smallest absolute Gasteiger partial charge is 0.0114 e. The SMILES string of the molecule is CC1C2=C(CC(N)C2)[C@H]2CCC2C1C. The minimum absolute atomic E-state index is 0.453. The predicted octanol–water partition coefficient (Wildman–Crippen LogP) is 2.72. The molecule has 3 aliphatic carbocycles. The molecule has 3 aliphatic rings. The van der Waals surface area contributed by atoms with Crippen LogP contribution < -0.4 is 5.73 Å². The summed E-state index contributed by atoms with van der Waals surface area (Å²) in [5.74, 6) is 3.69. The quantitative estimate of drug-likeness (QED) is 0.585. The van der Waals surface area contributed by atoms with Crippen LogP contribution in [0, 0.1) is 23.7 Å². The van der Waals surface area contributed by atoms with Gasteiger partial charge in [-0.1, -0.05) is 25.0 Å². The minimum atomic E-state index is 0.453. The highest BCUT2D eigenvalue weighted by atomic mass is 14.7. The van der Waals surface area contributed by atoms with Gasteiger partial charge in [-0.2, -0.15) is 0 Å². The van der Waals surface area contributed by atoms with Crippen molar-refractivity contribution >= 4 is 0 Å². The molecular weight excluding hydrogens is 170 g/mol. The van der Waals surface area contributed by atoms with Crippen molar-refractivity contribution in [3.63, 3.8) is 0 Å². The van der Waals surface area contributed by atoms with Crippen molar-refractivity contribution in [1.82, 2.24) is 0 Å². The van der Waals surface area contributed by atoms with Gasteiger partial charge in [-0.25, -0.2) is 0 Å². The predicted molar refractivity (Wildman–Crippen MR) is 58.8 cm³/mol. The first kappa shape index (κ1) is 8.96. The summed E-state index contributed by atoms with van der Waals surface area (Å²) in [6.07, 6.45) is 5.34. The summed E-state index contributed by atoms with van der Waals surface area (Å²) in [7, 11) is 0. The van der Waals surface area contributed by atoms with Gasteiger partial charge in [0.15, 0.2) is 0 Å². The molecular formula is C13H21N. The highest BCUT2D eigenvalue weighted by molar-refractivity contribution is 5.32. The van der Waals surface area contributed by atoms with Gasteiger partial charge in [0.25, 0.3) is 0 Å². The molecule has 4 unspecified atom stereocenters. The van der Waals surface area contributed by atoms with Gasteiger partial charge in [0, 0.05) is 6.04 Å². The van der Waals surface area contributed by atoms with E-state index >= 15 is 0 Å². The van der Waals surface area contributed by atoms with Crippen LogP contribution in [0.4, 0.5) is 0 Å². The Morgan fingerprint density at radius 3 is 2.43 bits per heavy atom. The molecule has 0 heterocycles. The highest BCUT2D eigenvalue weighted by Crippen LogP contribution is 2.56. The van der Waals surface area contributed by atoms with E-state index in [9.17, 15) is 0 Å². The van der Waals surface area contributed by atoms with Crippen molar-refractivity contribution in [3.05, 3.63) is 11.1 Å². The second-order valence-electron chi connectivity index (χ2n) is 5.71. The lowest BCUT2D eigenvalue weighted by Gasteiger charge is -2.49. The Morgan fingerprint density at radius 1 is 1.07 bits per heavy atom. The zero-order valence-corrected chi connectivity index (χ0v) is 9.29. The van der Waals surface area contributed by atoms with Crippen LogP contribution in [0.3, 0.4) is 0 Å². The van der Waals surface area contributed by atoms with Gasteiger partial charge in [0.05, 0.1) is 0 Å². The maximum absolute atomic E-state index is 6.09. The lowest BCUT2D eigenvalue weighted by atomic mass is 9.56. The van der Waals surface area contributed by atoms with E-state index in [1.165, 1.54) is 25.7 Å². The first-order valence-corrected chi connectivity index (χ1v) is 6.16. The fraction of sp³-hybridized carbons (Fsp3) is 0.846. The summed E-state index contributed by atoms with van der Waals surface area (Å²) in [6.45, 7) is 4.88. The van der Waals surface area contributed by atoms with Gasteiger partial charge in [-0.3, -0.25) is 0 Å². The number of fused-ring (bicyclic) bond motifs is 2. The molecule has 0 spiro atoms. The first-order valence-electron chi connectivity index (χ1n) is 6.16. The normalized spacial score (nSPS) is 51.2. The second-order valence-corrected chi connectivity index (χ2v) is 5.71. The molecule has 0 aromatic carbocycles. The molecule has 0 amide bonds. The standard InChI is InChI=1S/C13H21N/c1-7-8(2)12-5-9(14)6-13(12)11-4-3-10(7)11/h7-11H,3-6,14H2,1-2H3/t7?,8?,9?,10?,11-/m0/s1. The van der Waals surface area contributed by atoms with E-state index in [1.807, 2.05) is 0 Å². The number of hydrogen-bond acceptors (Lipinski definition) is 1. The van der Waals surface area contributed by atoms with E-state index in [0.717, 1.165) is 23.7 Å². The zero-order valence-electron chi connectivity index (χ0n) is 9.29. The lowest BCUT2D eigenvalue weighted by molar-refractivity contribution is 0.0966. The van der Waals surface area contributed by atoms with E-state index in [4.69, 9.17) is 5.73 Å². The molecule has 14 heavy (non-hydrogen) atoms. The number of hydrogen-bond donors (Lipinski definition) is 1. The molecule has 0 radical (unpaired) electrons. The average molecular weight is 191 g/mol. The number of rotatable bonds is 0. The molecule has 1 heteroatoms. The fourth-order valence-corrected chi connectivity index (χ4v) is 4.04. The van der Waals surface area contributed by atoms with Crippen LogP contribution in [-0.4, -0.2) is 6.04 Å². The van der Waals surface area contributed by atoms with Gasteiger partial charge < -0.3 is 5.73 Å². The van der Waals surface area contributed by atoms with Gasteiger partial charge in [-0.15, -0.1) is 0 Å². The van der Waals surface area contributed by atoms with E-state index in [-0.39, 0.29) is 0 Å². The second kappa shape index (κ2) is 2.85. The summed E-state index contributed by atoms with van der Waals surface area (Å²) in [6, 6.07) is 0.453. The Labute approximate surface area is 86.8 Å². The van der Waals surface area contributed by atoms with Crippen molar-refractivity contribution in [1.29, 1.82) is 0 Å². The van der Waals surface area contributed by atoms with E-state index in [1.54, 1.807) is 11.1 Å². The molecule has 5 atom stereocenters. The summed E-state index contributed by atoms with van der Waals surface area (Å²) in [4.78, 5) is 0. The topological polar surface area (TPSA) is 26.0 Å². The maximum Gasteiger partial charge on any atom is 0.0114 e. The Balaban J connectivity index is 1.96. The van der Waals surface area contributed by atoms with Crippen molar-refractivity contribution in [2.75, 3.05) is 0 Å². The van der Waals surface area contributed by atoms with Crippen LogP contribution in [0.25, 0.3) is 0 Å². The van der Waals surface area contributed by atoms with Crippen LogP contribution in [0.1, 0.15) is 39.5 Å². The number of nitrogens with two attached hydrogens (primary N) is 1. The Bertz CT molecular complexity index is 274. The summed E-state index contributed by atoms with van der Waals surface area (Å²) in [5, 5.41) is 0. The first-order chi connectivity index (χ1) is 6.68. The van der Waals surface area contributed by atoms with Crippen molar-refractivity contribution < 1.29 is 0 Å². The average Bonchev–Trinajstić information content (AvgIpc) is 2.42. The van der Waals surface area contributed by atoms with Crippen LogP contribution in [-0.2, 0) is 0 Å². The van der Waals surface area contributed by atoms with Crippen molar-refractivity contribution in [3.8, 4) is 0 Å². The molecule has 1 saturated carbocycles. The molecule has 1 fully saturated rings. The molecule has 0 bridgehead atoms. The highest BCUT2D eigenvalue weighted by Gasteiger charge is 2.46. The van der Waals surface area contributed by atoms with Crippen LogP contribution >= 0.6 is 0 Å². The fourth-order valence-electron chi connectivity index (χ4n) is 4.04. The molecule has 3 rings (SSSR count). The molecule has 2 N–H and O–H groups in total. The minimum Gasteiger partial charge on any atom is -0.327 e. The van der Waals surface area contributed by atoms with Crippen LogP contribution in [0.5, 0.6) is 0 Å². The monoisotopic (exact) mass is 191 g/mol. The molecule has 0 aromatic rings. The van der Waals surface area contributed by atoms with E-state index in [0.29, 0.717) is 6.04 Å². The van der Waals surface area contributed by atoms with Gasteiger partial charge >= 0.3 is 0 Å². The molecule has 0 saturated heterocycles. The maximum atomic E-state index is 6.09. The Hall–Kier alpha value is -0.300. The summed E-state index contributed by atoms with van der Waals surface area (Å²) < 4.78 is 0. The summed E-state index contributed by atoms with van der Waals surface area (Å²) in [5.41, 5.74) is 9.64.